The standard InChI is InChI=1S/C27H19N3O6/c1-27-9-2-5-18(30-24(33)15-4-3-11-28-20(15)25(30)34)23(27)29-17(8-10-27)19-21(31)14-7-6-13(26(35)36)12-16(14)22(19)32/h3-4,6-8,10-12,19H,2,5,9H2,1H3,(H,35,36). The molecule has 1 aromatic heterocycles. The molecule has 178 valence electrons. The summed E-state index contributed by atoms with van der Waals surface area (Å²) in [6.45, 7) is 1.95. The predicted molar refractivity (Wildman–Crippen MR) is 126 cm³/mol. The molecule has 4 aliphatic rings. The summed E-state index contributed by atoms with van der Waals surface area (Å²) in [5.74, 6) is -4.38. The number of nitrogens with zero attached hydrogens (tertiary/aromatic N) is 3. The topological polar surface area (TPSA) is 134 Å². The highest BCUT2D eigenvalue weighted by Gasteiger charge is 2.47. The molecule has 0 saturated heterocycles. The van der Waals surface area contributed by atoms with Crippen molar-refractivity contribution in [1.82, 2.24) is 9.88 Å². The van der Waals surface area contributed by atoms with Gasteiger partial charge in [-0.2, -0.15) is 0 Å². The van der Waals surface area contributed by atoms with Gasteiger partial charge in [0.05, 0.1) is 28.2 Å². The third-order valence-electron chi connectivity index (χ3n) is 7.32. The SMILES string of the molecule is CC12C=CC(C3C(=O)c4ccc(C(=O)O)cc4C3=O)=NC1=C(N1C(=O)c3cccnc3C1=O)CCC2. The van der Waals surface area contributed by atoms with E-state index < -0.39 is 40.7 Å². The maximum Gasteiger partial charge on any atom is 0.335 e. The van der Waals surface area contributed by atoms with E-state index in [4.69, 9.17) is 4.99 Å². The smallest absolute Gasteiger partial charge is 0.335 e. The van der Waals surface area contributed by atoms with Gasteiger partial charge in [0.25, 0.3) is 11.8 Å². The van der Waals surface area contributed by atoms with Crippen molar-refractivity contribution < 1.29 is 29.1 Å². The molecule has 9 nitrogen and oxygen atoms in total. The van der Waals surface area contributed by atoms with E-state index in [0.29, 0.717) is 17.8 Å². The summed E-state index contributed by atoms with van der Waals surface area (Å²) in [6.07, 6.45) is 6.84. The number of carbonyl (C=O) groups excluding carboxylic acids is 4. The molecule has 2 unspecified atom stereocenters. The number of ketones is 2. The van der Waals surface area contributed by atoms with E-state index in [9.17, 15) is 29.1 Å². The predicted octanol–water partition coefficient (Wildman–Crippen LogP) is 3.48. The van der Waals surface area contributed by atoms with Gasteiger partial charge in [-0.1, -0.05) is 13.0 Å². The van der Waals surface area contributed by atoms with Crippen LogP contribution in [-0.4, -0.2) is 50.1 Å². The van der Waals surface area contributed by atoms with Crippen molar-refractivity contribution in [2.75, 3.05) is 0 Å². The average Bonchev–Trinajstić information content (AvgIpc) is 3.27. The Morgan fingerprint density at radius 3 is 2.58 bits per heavy atom. The summed E-state index contributed by atoms with van der Waals surface area (Å²) in [4.78, 5) is 74.1. The van der Waals surface area contributed by atoms with E-state index in [-0.39, 0.29) is 33.7 Å². The zero-order valence-electron chi connectivity index (χ0n) is 19.1. The van der Waals surface area contributed by atoms with E-state index in [2.05, 4.69) is 4.98 Å². The fraction of sp³-hybridized carbons (Fsp3) is 0.222. The second kappa shape index (κ2) is 7.48. The molecule has 3 heterocycles. The van der Waals surface area contributed by atoms with Crippen LogP contribution in [-0.2, 0) is 0 Å². The van der Waals surface area contributed by atoms with Gasteiger partial charge in [-0.15, -0.1) is 0 Å². The molecule has 0 radical (unpaired) electrons. The summed E-state index contributed by atoms with van der Waals surface area (Å²) >= 11 is 0. The molecule has 9 heteroatoms. The van der Waals surface area contributed by atoms with Crippen LogP contribution in [0, 0.1) is 11.3 Å². The van der Waals surface area contributed by atoms with Gasteiger partial charge in [-0.05, 0) is 55.7 Å². The molecule has 1 N–H and O–H groups in total. The molecule has 0 saturated carbocycles. The number of carboxylic acid groups (broad SMARTS) is 1. The van der Waals surface area contributed by atoms with E-state index >= 15 is 0 Å². The second-order valence-electron chi connectivity index (χ2n) is 9.51. The number of pyridine rings is 1. The monoisotopic (exact) mass is 481 g/mol. The highest BCUT2D eigenvalue weighted by atomic mass is 16.4. The quantitative estimate of drug-likeness (QED) is 0.524. The number of aromatic nitrogens is 1. The molecule has 2 atom stereocenters. The summed E-state index contributed by atoms with van der Waals surface area (Å²) in [5, 5.41) is 9.28. The maximum atomic E-state index is 13.2. The van der Waals surface area contributed by atoms with Crippen molar-refractivity contribution in [3.63, 3.8) is 0 Å². The Kier molecular flexibility index (Phi) is 4.57. The van der Waals surface area contributed by atoms with Crippen LogP contribution in [0.5, 0.6) is 0 Å². The second-order valence-corrected chi connectivity index (χ2v) is 9.51. The minimum atomic E-state index is -1.22. The number of aromatic carboxylic acids is 1. The number of aliphatic imine (C=N–C) groups is 1. The number of Topliss-reactive ketones (excluding diaryl/α,β-unsaturated/α-hetero) is 2. The van der Waals surface area contributed by atoms with Crippen LogP contribution in [0.25, 0.3) is 0 Å². The van der Waals surface area contributed by atoms with Crippen LogP contribution in [0.3, 0.4) is 0 Å². The molecule has 6 rings (SSSR count). The summed E-state index contributed by atoms with van der Waals surface area (Å²) < 4.78 is 0. The highest BCUT2D eigenvalue weighted by Crippen LogP contribution is 2.47. The molecule has 0 spiro atoms. The fourth-order valence-electron chi connectivity index (χ4n) is 5.46. The minimum Gasteiger partial charge on any atom is -0.478 e. The Morgan fingerprint density at radius 2 is 1.83 bits per heavy atom. The molecular weight excluding hydrogens is 462 g/mol. The van der Waals surface area contributed by atoms with Gasteiger partial charge in [-0.25, -0.2) is 9.69 Å². The summed E-state index contributed by atoms with van der Waals surface area (Å²) in [6, 6.07) is 7.02. The lowest BCUT2D eigenvalue weighted by Gasteiger charge is -2.38. The third-order valence-corrected chi connectivity index (χ3v) is 7.32. The lowest BCUT2D eigenvalue weighted by molar-refractivity contribution is 0.0678. The highest BCUT2D eigenvalue weighted by molar-refractivity contribution is 6.38. The number of hydrogen-bond donors (Lipinski definition) is 1. The fourth-order valence-corrected chi connectivity index (χ4v) is 5.46. The van der Waals surface area contributed by atoms with Crippen molar-refractivity contribution in [3.8, 4) is 0 Å². The van der Waals surface area contributed by atoms with Crippen LogP contribution in [0.1, 0.15) is 78.1 Å². The van der Waals surface area contributed by atoms with Gasteiger partial charge in [-0.3, -0.25) is 29.2 Å². The Morgan fingerprint density at radius 1 is 1.06 bits per heavy atom. The summed E-state index contributed by atoms with van der Waals surface area (Å²) in [7, 11) is 0. The van der Waals surface area contributed by atoms with Crippen LogP contribution in [0.15, 0.2) is 65.1 Å². The maximum absolute atomic E-state index is 13.2. The number of rotatable bonds is 3. The first-order valence-corrected chi connectivity index (χ1v) is 11.5. The Bertz CT molecular complexity index is 1510. The van der Waals surface area contributed by atoms with Crippen molar-refractivity contribution in [3.05, 3.63) is 88.0 Å². The van der Waals surface area contributed by atoms with Gasteiger partial charge < -0.3 is 5.11 Å². The lowest BCUT2D eigenvalue weighted by atomic mass is 9.74. The van der Waals surface area contributed by atoms with Crippen molar-refractivity contribution in [2.45, 2.75) is 26.2 Å². The average molecular weight is 481 g/mol. The number of allylic oxidation sites excluding steroid dienone is 3. The molecular formula is C27H19N3O6. The number of hydrogen-bond acceptors (Lipinski definition) is 7. The van der Waals surface area contributed by atoms with Crippen LogP contribution in [0.2, 0.25) is 0 Å². The molecule has 2 aromatic rings. The number of imide groups is 1. The normalized spacial score (nSPS) is 24.6. The van der Waals surface area contributed by atoms with Gasteiger partial charge in [0, 0.05) is 22.7 Å². The lowest BCUT2D eigenvalue weighted by Crippen LogP contribution is -2.37. The zero-order valence-corrected chi connectivity index (χ0v) is 19.1. The van der Waals surface area contributed by atoms with Gasteiger partial charge in [0.1, 0.15) is 11.6 Å². The van der Waals surface area contributed by atoms with E-state index in [1.54, 1.807) is 18.2 Å². The number of carboxylic acids is 1. The minimum absolute atomic E-state index is 0.0543. The number of fused-ring (bicyclic) bond motifs is 3. The Labute approximate surface area is 204 Å². The van der Waals surface area contributed by atoms with Crippen molar-refractivity contribution >= 4 is 35.1 Å². The number of dihydropyridines is 1. The van der Waals surface area contributed by atoms with E-state index in [1.165, 1.54) is 24.4 Å². The van der Waals surface area contributed by atoms with Crippen LogP contribution >= 0.6 is 0 Å². The van der Waals surface area contributed by atoms with Gasteiger partial charge >= 0.3 is 5.97 Å². The number of benzene rings is 1. The van der Waals surface area contributed by atoms with Crippen molar-refractivity contribution in [2.24, 2.45) is 16.3 Å². The Hall–Kier alpha value is -4.53. The van der Waals surface area contributed by atoms with Crippen LogP contribution < -0.4 is 0 Å². The molecule has 36 heavy (non-hydrogen) atoms. The zero-order chi connectivity index (χ0) is 25.4. The van der Waals surface area contributed by atoms with E-state index in [0.717, 1.165) is 17.7 Å². The van der Waals surface area contributed by atoms with Gasteiger partial charge in [0.2, 0.25) is 0 Å². The molecule has 0 fully saturated rings. The molecule has 2 amide bonds. The largest absolute Gasteiger partial charge is 0.478 e. The molecule has 2 aliphatic carbocycles. The Balaban J connectivity index is 1.45. The van der Waals surface area contributed by atoms with Crippen LogP contribution in [0.4, 0.5) is 0 Å². The first-order chi connectivity index (χ1) is 17.2. The first-order valence-electron chi connectivity index (χ1n) is 11.5. The number of amides is 2. The summed E-state index contributed by atoms with van der Waals surface area (Å²) in [5.41, 5.74) is 0.982. The molecule has 0 bridgehead atoms. The third kappa shape index (κ3) is 2.92. The molecule has 1 aromatic carbocycles. The van der Waals surface area contributed by atoms with Gasteiger partial charge in [0.15, 0.2) is 11.6 Å². The number of carbonyl (C=O) groups is 5. The molecule has 2 aliphatic heterocycles. The van der Waals surface area contributed by atoms with E-state index in [1.807, 2.05) is 13.0 Å². The first kappa shape index (κ1) is 22.0. The van der Waals surface area contributed by atoms with Crippen molar-refractivity contribution in [1.29, 1.82) is 0 Å².